The smallest absolute Gasteiger partial charge is 0.306 e. The van der Waals surface area contributed by atoms with Crippen LogP contribution in [0.1, 0.15) is 18.1 Å². The van der Waals surface area contributed by atoms with Crippen LogP contribution in [-0.2, 0) is 4.79 Å². The van der Waals surface area contributed by atoms with Gasteiger partial charge in [0.15, 0.2) is 0 Å². The molecule has 0 bridgehead atoms. The molecule has 0 saturated heterocycles. The number of methoxy groups -OCH3 is 1. The third kappa shape index (κ3) is 2.94. The maximum absolute atomic E-state index is 10.5. The van der Waals surface area contributed by atoms with Gasteiger partial charge >= 0.3 is 5.97 Å². The second-order valence-corrected chi connectivity index (χ2v) is 3.83. The summed E-state index contributed by atoms with van der Waals surface area (Å²) in [6.07, 6.45) is -1.40. The van der Waals surface area contributed by atoms with Crippen molar-refractivity contribution in [1.29, 1.82) is 0 Å². The minimum atomic E-state index is -1.06. The lowest BCUT2D eigenvalue weighted by Crippen LogP contribution is -2.07. The summed E-state index contributed by atoms with van der Waals surface area (Å²) in [7, 11) is 1.47. The Bertz CT molecular complexity index is 364. The van der Waals surface area contributed by atoms with Gasteiger partial charge in [-0.25, -0.2) is 0 Å². The minimum absolute atomic E-state index is 0.340. The van der Waals surface area contributed by atoms with E-state index in [2.05, 4.69) is 15.9 Å². The summed E-state index contributed by atoms with van der Waals surface area (Å²) in [4.78, 5) is 10.5. The summed E-state index contributed by atoms with van der Waals surface area (Å²) in [5.74, 6) is -0.587. The van der Waals surface area contributed by atoms with E-state index in [-0.39, 0.29) is 6.42 Å². The van der Waals surface area contributed by atoms with Crippen molar-refractivity contribution >= 4 is 21.9 Å². The Balaban J connectivity index is 3.02. The highest BCUT2D eigenvalue weighted by atomic mass is 79.9. The van der Waals surface area contributed by atoms with Gasteiger partial charge in [-0.05, 0) is 22.0 Å². The number of para-hydroxylation sites is 1. The van der Waals surface area contributed by atoms with Crippen molar-refractivity contribution in [2.75, 3.05) is 7.11 Å². The Morgan fingerprint density at radius 1 is 1.60 bits per heavy atom. The molecule has 15 heavy (non-hydrogen) atoms. The van der Waals surface area contributed by atoms with Gasteiger partial charge in [-0.1, -0.05) is 12.1 Å². The Morgan fingerprint density at radius 2 is 2.27 bits per heavy atom. The van der Waals surface area contributed by atoms with Gasteiger partial charge in [0.2, 0.25) is 0 Å². The first-order valence-corrected chi connectivity index (χ1v) is 5.07. The van der Waals surface area contributed by atoms with E-state index in [9.17, 15) is 9.90 Å². The number of ether oxygens (including phenoxy) is 1. The Labute approximate surface area is 95.6 Å². The van der Waals surface area contributed by atoms with Gasteiger partial charge in [0.1, 0.15) is 5.75 Å². The standard InChI is InChI=1S/C10H11BrO4/c1-15-10-6(3-2-4-7(10)11)8(12)5-9(13)14/h2-4,8,12H,5H2,1H3,(H,13,14)/t8-/m1/s1. The van der Waals surface area contributed by atoms with Crippen LogP contribution in [0.3, 0.4) is 0 Å². The molecule has 0 fully saturated rings. The topological polar surface area (TPSA) is 66.8 Å². The summed E-state index contributed by atoms with van der Waals surface area (Å²) < 4.78 is 5.77. The highest BCUT2D eigenvalue weighted by molar-refractivity contribution is 9.10. The van der Waals surface area contributed by atoms with Crippen LogP contribution in [0.5, 0.6) is 5.75 Å². The van der Waals surface area contributed by atoms with Gasteiger partial charge in [0.25, 0.3) is 0 Å². The van der Waals surface area contributed by atoms with E-state index in [1.165, 1.54) is 7.11 Å². The summed E-state index contributed by atoms with van der Waals surface area (Å²) in [6, 6.07) is 5.11. The molecular weight excluding hydrogens is 264 g/mol. The molecular formula is C10H11BrO4. The second kappa shape index (κ2) is 5.14. The molecule has 0 aliphatic heterocycles. The zero-order chi connectivity index (χ0) is 11.4. The normalized spacial score (nSPS) is 12.2. The third-order valence-electron chi connectivity index (χ3n) is 1.93. The average molecular weight is 275 g/mol. The molecule has 0 aliphatic rings. The first-order valence-electron chi connectivity index (χ1n) is 4.28. The first-order chi connectivity index (χ1) is 7.06. The van der Waals surface area contributed by atoms with Crippen molar-refractivity contribution in [3.05, 3.63) is 28.2 Å². The number of aliphatic carboxylic acids is 1. The lowest BCUT2D eigenvalue weighted by molar-refractivity contribution is -0.139. The van der Waals surface area contributed by atoms with Gasteiger partial charge in [0, 0.05) is 5.56 Å². The molecule has 5 heteroatoms. The summed E-state index contributed by atoms with van der Waals surface area (Å²) in [5.41, 5.74) is 0.467. The summed E-state index contributed by atoms with van der Waals surface area (Å²) in [6.45, 7) is 0. The SMILES string of the molecule is COc1c(Br)cccc1[C@H](O)CC(=O)O. The fraction of sp³-hybridized carbons (Fsp3) is 0.300. The maximum Gasteiger partial charge on any atom is 0.306 e. The summed E-state index contributed by atoms with van der Waals surface area (Å²) >= 11 is 3.26. The average Bonchev–Trinajstić information content (AvgIpc) is 2.16. The predicted octanol–water partition coefficient (Wildman–Crippen LogP) is 1.97. The predicted molar refractivity (Wildman–Crippen MR) is 57.9 cm³/mol. The number of hydrogen-bond acceptors (Lipinski definition) is 3. The molecule has 2 N–H and O–H groups in total. The number of carbonyl (C=O) groups is 1. The molecule has 0 unspecified atom stereocenters. The van der Waals surface area contributed by atoms with Crippen molar-refractivity contribution in [3.8, 4) is 5.75 Å². The highest BCUT2D eigenvalue weighted by Crippen LogP contribution is 2.33. The van der Waals surface area contributed by atoms with Crippen molar-refractivity contribution in [2.45, 2.75) is 12.5 Å². The molecule has 0 radical (unpaired) electrons. The minimum Gasteiger partial charge on any atom is -0.495 e. The number of carboxylic acids is 1. The van der Waals surface area contributed by atoms with Gasteiger partial charge in [-0.15, -0.1) is 0 Å². The number of aliphatic hydroxyl groups is 1. The molecule has 0 spiro atoms. The van der Waals surface area contributed by atoms with E-state index >= 15 is 0 Å². The van der Waals surface area contributed by atoms with Gasteiger partial charge in [-0.2, -0.15) is 0 Å². The number of rotatable bonds is 4. The quantitative estimate of drug-likeness (QED) is 0.881. The number of aliphatic hydroxyl groups excluding tert-OH is 1. The van der Waals surface area contributed by atoms with Crippen LogP contribution in [0.25, 0.3) is 0 Å². The fourth-order valence-electron chi connectivity index (χ4n) is 1.28. The zero-order valence-corrected chi connectivity index (χ0v) is 9.69. The van der Waals surface area contributed by atoms with Crippen molar-refractivity contribution in [3.63, 3.8) is 0 Å². The Kier molecular flexibility index (Phi) is 4.11. The molecule has 1 aromatic rings. The monoisotopic (exact) mass is 274 g/mol. The summed E-state index contributed by atoms with van der Waals surface area (Å²) in [5, 5.41) is 18.2. The molecule has 82 valence electrons. The van der Waals surface area contributed by atoms with Crippen LogP contribution in [0.2, 0.25) is 0 Å². The van der Waals surface area contributed by atoms with Crippen molar-refractivity contribution < 1.29 is 19.7 Å². The molecule has 0 amide bonds. The molecule has 0 heterocycles. The fourth-order valence-corrected chi connectivity index (χ4v) is 1.82. The van der Waals surface area contributed by atoms with E-state index in [1.54, 1.807) is 18.2 Å². The van der Waals surface area contributed by atoms with Gasteiger partial charge in [-0.3, -0.25) is 4.79 Å². The molecule has 4 nitrogen and oxygen atoms in total. The van der Waals surface area contributed by atoms with Crippen LogP contribution in [0.15, 0.2) is 22.7 Å². The molecule has 1 atom stereocenters. The number of carboxylic acid groups (broad SMARTS) is 1. The van der Waals surface area contributed by atoms with E-state index in [0.717, 1.165) is 0 Å². The van der Waals surface area contributed by atoms with Gasteiger partial charge in [0.05, 0.1) is 24.1 Å². The molecule has 1 aromatic carbocycles. The van der Waals surface area contributed by atoms with Crippen LogP contribution < -0.4 is 4.74 Å². The van der Waals surface area contributed by atoms with Crippen molar-refractivity contribution in [2.24, 2.45) is 0 Å². The van der Waals surface area contributed by atoms with Crippen LogP contribution in [0, 0.1) is 0 Å². The Morgan fingerprint density at radius 3 is 2.80 bits per heavy atom. The molecule has 0 aliphatic carbocycles. The van der Waals surface area contributed by atoms with E-state index in [4.69, 9.17) is 9.84 Å². The number of halogens is 1. The van der Waals surface area contributed by atoms with Crippen LogP contribution in [-0.4, -0.2) is 23.3 Å². The van der Waals surface area contributed by atoms with E-state index < -0.39 is 12.1 Å². The lowest BCUT2D eigenvalue weighted by atomic mass is 10.1. The lowest BCUT2D eigenvalue weighted by Gasteiger charge is -2.14. The third-order valence-corrected chi connectivity index (χ3v) is 2.55. The number of hydrogen-bond donors (Lipinski definition) is 2. The van der Waals surface area contributed by atoms with E-state index in [1.807, 2.05) is 0 Å². The zero-order valence-electron chi connectivity index (χ0n) is 8.11. The molecule has 0 saturated carbocycles. The van der Waals surface area contributed by atoms with E-state index in [0.29, 0.717) is 15.8 Å². The van der Waals surface area contributed by atoms with Crippen LogP contribution in [0.4, 0.5) is 0 Å². The van der Waals surface area contributed by atoms with Gasteiger partial charge < -0.3 is 14.9 Å². The Hall–Kier alpha value is -1.07. The molecule has 1 rings (SSSR count). The van der Waals surface area contributed by atoms with Crippen molar-refractivity contribution in [1.82, 2.24) is 0 Å². The first kappa shape index (κ1) is 12.0. The second-order valence-electron chi connectivity index (χ2n) is 2.98. The number of benzene rings is 1. The maximum atomic E-state index is 10.5. The highest BCUT2D eigenvalue weighted by Gasteiger charge is 2.17. The van der Waals surface area contributed by atoms with Crippen LogP contribution >= 0.6 is 15.9 Å². The largest absolute Gasteiger partial charge is 0.495 e. The molecule has 0 aromatic heterocycles.